The molecule has 1 aromatic heterocycles. The Morgan fingerprint density at radius 1 is 1.38 bits per heavy atom. The Balaban J connectivity index is 1.66. The summed E-state index contributed by atoms with van der Waals surface area (Å²) in [5, 5.41) is 2.81. The second-order valence-electron chi connectivity index (χ2n) is 6.22. The molecule has 1 aliphatic heterocycles. The van der Waals surface area contributed by atoms with Crippen molar-refractivity contribution < 1.29 is 14.4 Å². The fraction of sp³-hybridized carbons (Fsp3) is 0.562. The summed E-state index contributed by atoms with van der Waals surface area (Å²) in [6, 6.07) is 3.47. The molecule has 1 saturated heterocycles. The first-order chi connectivity index (χ1) is 11.4. The monoisotopic (exact) mass is 413 g/mol. The summed E-state index contributed by atoms with van der Waals surface area (Å²) >= 11 is 4.98. The maximum Gasteiger partial charge on any atom is 0.325 e. The third-order valence-corrected chi connectivity index (χ3v) is 6.31. The lowest BCUT2D eigenvalue weighted by molar-refractivity contribution is -0.139. The van der Waals surface area contributed by atoms with E-state index in [1.807, 2.05) is 19.1 Å². The molecule has 3 rings (SSSR count). The lowest BCUT2D eigenvalue weighted by atomic mass is 9.98. The van der Waals surface area contributed by atoms with Crippen molar-refractivity contribution in [3.63, 3.8) is 0 Å². The third kappa shape index (κ3) is 3.21. The van der Waals surface area contributed by atoms with Crippen LogP contribution in [0.15, 0.2) is 15.9 Å². The zero-order chi connectivity index (χ0) is 17.3. The summed E-state index contributed by atoms with van der Waals surface area (Å²) in [4.78, 5) is 41.2. The van der Waals surface area contributed by atoms with Crippen molar-refractivity contribution in [1.29, 1.82) is 0 Å². The number of carbonyl (C=O) groups is 3. The van der Waals surface area contributed by atoms with E-state index in [-0.39, 0.29) is 18.4 Å². The predicted molar refractivity (Wildman–Crippen MR) is 94.6 cm³/mol. The molecule has 1 aliphatic carbocycles. The van der Waals surface area contributed by atoms with Gasteiger partial charge in [-0.15, -0.1) is 11.3 Å². The molecule has 0 bridgehead atoms. The van der Waals surface area contributed by atoms with E-state index in [2.05, 4.69) is 21.2 Å². The van der Waals surface area contributed by atoms with Crippen LogP contribution in [0.5, 0.6) is 0 Å². The largest absolute Gasteiger partial charge is 0.336 e. The number of hydrogen-bond acceptors (Lipinski definition) is 4. The molecule has 2 fully saturated rings. The highest BCUT2D eigenvalue weighted by molar-refractivity contribution is 9.11. The molecule has 4 amide bonds. The van der Waals surface area contributed by atoms with Gasteiger partial charge in [0.25, 0.3) is 5.91 Å². The number of nitrogens with one attached hydrogen (secondary N) is 1. The Bertz CT molecular complexity index is 669. The van der Waals surface area contributed by atoms with E-state index in [1.165, 1.54) is 0 Å². The summed E-state index contributed by atoms with van der Waals surface area (Å²) in [6.45, 7) is 2.72. The fourth-order valence-electron chi connectivity index (χ4n) is 3.37. The lowest BCUT2D eigenvalue weighted by Crippen LogP contribution is -2.46. The highest BCUT2D eigenvalue weighted by atomic mass is 79.9. The van der Waals surface area contributed by atoms with E-state index in [0.29, 0.717) is 25.9 Å². The van der Waals surface area contributed by atoms with Gasteiger partial charge in [-0.25, -0.2) is 4.79 Å². The fourth-order valence-corrected chi connectivity index (χ4v) is 4.87. The minimum Gasteiger partial charge on any atom is -0.336 e. The second-order valence-corrected chi connectivity index (χ2v) is 8.77. The topological polar surface area (TPSA) is 69.7 Å². The Hall–Kier alpha value is -1.41. The van der Waals surface area contributed by atoms with E-state index in [1.54, 1.807) is 16.2 Å². The van der Waals surface area contributed by atoms with Crippen molar-refractivity contribution in [2.24, 2.45) is 0 Å². The molecule has 6 nitrogen and oxygen atoms in total. The van der Waals surface area contributed by atoms with Crippen LogP contribution in [-0.2, 0) is 16.1 Å². The van der Waals surface area contributed by atoms with Crippen molar-refractivity contribution in [1.82, 2.24) is 15.1 Å². The number of imide groups is 1. The average Bonchev–Trinajstić information content (AvgIpc) is 3.23. The van der Waals surface area contributed by atoms with E-state index in [9.17, 15) is 14.4 Å². The van der Waals surface area contributed by atoms with Crippen molar-refractivity contribution in [3.8, 4) is 0 Å². The molecule has 0 radical (unpaired) electrons. The van der Waals surface area contributed by atoms with Gasteiger partial charge in [0.1, 0.15) is 12.1 Å². The van der Waals surface area contributed by atoms with Crippen molar-refractivity contribution in [2.75, 3.05) is 13.1 Å². The lowest BCUT2D eigenvalue weighted by Gasteiger charge is -2.23. The average molecular weight is 414 g/mol. The van der Waals surface area contributed by atoms with Gasteiger partial charge in [-0.05, 0) is 47.8 Å². The number of hydrogen-bond donors (Lipinski definition) is 1. The number of amides is 4. The minimum atomic E-state index is -0.757. The van der Waals surface area contributed by atoms with E-state index < -0.39 is 11.6 Å². The van der Waals surface area contributed by atoms with Crippen LogP contribution >= 0.6 is 27.3 Å². The number of nitrogens with zero attached hydrogens (tertiary/aromatic N) is 2. The Kier molecular flexibility index (Phi) is 4.96. The van der Waals surface area contributed by atoms with Crippen LogP contribution in [-0.4, -0.2) is 46.3 Å². The molecule has 1 spiro atoms. The van der Waals surface area contributed by atoms with Gasteiger partial charge in [-0.1, -0.05) is 12.8 Å². The molecule has 0 aromatic carbocycles. The molecular formula is C16H20BrN3O3S. The van der Waals surface area contributed by atoms with Crippen LogP contribution in [0, 0.1) is 0 Å². The number of rotatable bonds is 5. The normalized spacial score (nSPS) is 19.2. The van der Waals surface area contributed by atoms with Gasteiger partial charge < -0.3 is 10.2 Å². The zero-order valence-electron chi connectivity index (χ0n) is 13.5. The van der Waals surface area contributed by atoms with E-state index in [4.69, 9.17) is 0 Å². The molecule has 2 aliphatic rings. The summed E-state index contributed by atoms with van der Waals surface area (Å²) in [5.74, 6) is -0.450. The van der Waals surface area contributed by atoms with Gasteiger partial charge in [0.2, 0.25) is 5.91 Å². The molecule has 130 valence electrons. The van der Waals surface area contributed by atoms with Crippen LogP contribution in [0.2, 0.25) is 0 Å². The van der Waals surface area contributed by atoms with Crippen molar-refractivity contribution in [3.05, 3.63) is 20.8 Å². The number of thiophene rings is 1. The summed E-state index contributed by atoms with van der Waals surface area (Å²) in [6.07, 6.45) is 3.20. The summed E-state index contributed by atoms with van der Waals surface area (Å²) in [7, 11) is 0. The Labute approximate surface area is 153 Å². The minimum absolute atomic E-state index is 0.188. The second kappa shape index (κ2) is 6.84. The maximum atomic E-state index is 12.6. The van der Waals surface area contributed by atoms with Gasteiger partial charge in [-0.2, -0.15) is 0 Å². The zero-order valence-corrected chi connectivity index (χ0v) is 15.9. The van der Waals surface area contributed by atoms with Crippen molar-refractivity contribution in [2.45, 2.75) is 44.7 Å². The Morgan fingerprint density at radius 2 is 2.08 bits per heavy atom. The van der Waals surface area contributed by atoms with Gasteiger partial charge in [0.05, 0.1) is 10.3 Å². The molecular weight excluding hydrogens is 394 g/mol. The molecule has 2 heterocycles. The highest BCUT2D eigenvalue weighted by Crippen LogP contribution is 2.35. The third-order valence-electron chi connectivity index (χ3n) is 4.71. The molecule has 1 aromatic rings. The van der Waals surface area contributed by atoms with Gasteiger partial charge in [-0.3, -0.25) is 14.5 Å². The number of urea groups is 1. The highest BCUT2D eigenvalue weighted by Gasteiger charge is 2.52. The first-order valence-corrected chi connectivity index (χ1v) is 9.72. The number of halogens is 1. The SMILES string of the molecule is CCN(Cc1ccc(Br)s1)C(=O)CN1C(=O)NC2(CCCC2)C1=O. The molecule has 8 heteroatoms. The predicted octanol–water partition coefficient (Wildman–Crippen LogP) is 2.72. The standard InChI is InChI=1S/C16H20BrN3O3S/c1-2-19(9-11-5-6-12(17)24-11)13(21)10-20-14(22)16(18-15(20)23)7-3-4-8-16/h5-6H,2-4,7-10H2,1H3,(H,18,23). The molecule has 24 heavy (non-hydrogen) atoms. The summed E-state index contributed by atoms with van der Waals surface area (Å²) in [5.41, 5.74) is -0.757. The number of carbonyl (C=O) groups excluding carboxylic acids is 3. The molecule has 1 saturated carbocycles. The van der Waals surface area contributed by atoms with Crippen LogP contribution in [0.25, 0.3) is 0 Å². The van der Waals surface area contributed by atoms with Crippen LogP contribution in [0.3, 0.4) is 0 Å². The van der Waals surface area contributed by atoms with Gasteiger partial charge in [0.15, 0.2) is 0 Å². The van der Waals surface area contributed by atoms with Crippen LogP contribution in [0.4, 0.5) is 4.79 Å². The van der Waals surface area contributed by atoms with Crippen LogP contribution < -0.4 is 5.32 Å². The van der Waals surface area contributed by atoms with E-state index in [0.717, 1.165) is 26.4 Å². The molecule has 1 N–H and O–H groups in total. The maximum absolute atomic E-state index is 12.6. The first kappa shape index (κ1) is 17.4. The first-order valence-electron chi connectivity index (χ1n) is 8.11. The number of likely N-dealkylation sites (N-methyl/N-ethyl adjacent to an activating group) is 1. The van der Waals surface area contributed by atoms with Gasteiger partial charge in [0, 0.05) is 11.4 Å². The van der Waals surface area contributed by atoms with Crippen LogP contribution in [0.1, 0.15) is 37.5 Å². The van der Waals surface area contributed by atoms with Crippen molar-refractivity contribution >= 4 is 45.1 Å². The molecule has 0 atom stereocenters. The summed E-state index contributed by atoms with van der Waals surface area (Å²) < 4.78 is 1.01. The quantitative estimate of drug-likeness (QED) is 0.754. The molecule has 0 unspecified atom stereocenters. The van der Waals surface area contributed by atoms with Gasteiger partial charge >= 0.3 is 6.03 Å². The Morgan fingerprint density at radius 3 is 2.67 bits per heavy atom. The smallest absolute Gasteiger partial charge is 0.325 e. The van der Waals surface area contributed by atoms with E-state index >= 15 is 0 Å².